The Morgan fingerprint density at radius 3 is 2.46 bits per heavy atom. The van der Waals surface area contributed by atoms with Crippen LogP contribution in [0.15, 0.2) is 48.0 Å². The number of halogens is 1. The topological polar surface area (TPSA) is 117 Å². The van der Waals surface area contributed by atoms with Gasteiger partial charge in [0.2, 0.25) is 0 Å². The van der Waals surface area contributed by atoms with Crippen LogP contribution in [0.3, 0.4) is 0 Å². The average Bonchev–Trinajstić information content (AvgIpc) is 3.13. The lowest BCUT2D eigenvalue weighted by atomic mass is 9.94. The first-order valence-electron chi connectivity index (χ1n) is 11.1. The first-order valence-corrected chi connectivity index (χ1v) is 11.4. The lowest BCUT2D eigenvalue weighted by Gasteiger charge is -2.31. The van der Waals surface area contributed by atoms with Gasteiger partial charge in [-0.1, -0.05) is 23.7 Å². The van der Waals surface area contributed by atoms with Gasteiger partial charge in [0.25, 0.3) is 11.7 Å². The number of ketones is 1. The summed E-state index contributed by atoms with van der Waals surface area (Å²) in [4.78, 5) is 41.7. The zero-order chi connectivity index (χ0) is 25.1. The lowest BCUT2D eigenvalue weighted by molar-refractivity contribution is -0.140. The number of hydrogen-bond donors (Lipinski definition) is 2. The van der Waals surface area contributed by atoms with Crippen LogP contribution in [0.2, 0.25) is 5.02 Å². The number of morpholine rings is 1. The number of aromatic hydroxyl groups is 1. The summed E-state index contributed by atoms with van der Waals surface area (Å²) in [7, 11) is 1.27. The second kappa shape index (κ2) is 10.5. The van der Waals surface area contributed by atoms with Crippen LogP contribution >= 0.6 is 11.6 Å². The number of aliphatic hydroxyl groups is 1. The van der Waals surface area contributed by atoms with Crippen molar-refractivity contribution in [2.45, 2.75) is 6.04 Å². The quantitative estimate of drug-likeness (QED) is 0.269. The van der Waals surface area contributed by atoms with Crippen LogP contribution in [0.4, 0.5) is 0 Å². The number of Topliss-reactive ketones (excluding diaryl/α,β-unsaturated/α-hetero) is 1. The molecule has 0 aromatic heterocycles. The smallest absolute Gasteiger partial charge is 0.337 e. The number of likely N-dealkylation sites (tertiary alicyclic amines) is 1. The number of esters is 1. The Hall–Kier alpha value is -3.40. The Bertz CT molecular complexity index is 1170. The molecule has 0 aliphatic carbocycles. The number of aliphatic hydroxyl groups excluding tert-OH is 1. The SMILES string of the molecule is COC(=O)c1ccc(C2/C(=C(\O)c3cc(Cl)ccc3O)C(=O)C(=O)N2CCN2CCOCC2)cc1. The van der Waals surface area contributed by atoms with E-state index in [-0.39, 0.29) is 28.5 Å². The Labute approximate surface area is 207 Å². The fourth-order valence-electron chi connectivity index (χ4n) is 4.29. The highest BCUT2D eigenvalue weighted by Crippen LogP contribution is 2.41. The number of carbonyl (C=O) groups excluding carboxylic acids is 3. The number of nitrogens with zero attached hydrogens (tertiary/aromatic N) is 2. The summed E-state index contributed by atoms with van der Waals surface area (Å²) in [5.74, 6) is -2.97. The number of methoxy groups -OCH3 is 1. The molecular formula is C25H25ClN2O7. The first-order chi connectivity index (χ1) is 16.8. The van der Waals surface area contributed by atoms with Crippen molar-refractivity contribution in [3.05, 3.63) is 69.8 Å². The van der Waals surface area contributed by atoms with Gasteiger partial charge in [0, 0.05) is 31.2 Å². The average molecular weight is 501 g/mol. The molecule has 1 atom stereocenters. The summed E-state index contributed by atoms with van der Waals surface area (Å²) in [5.41, 5.74) is 0.594. The molecule has 0 bridgehead atoms. The summed E-state index contributed by atoms with van der Waals surface area (Å²) in [6, 6.07) is 9.40. The maximum atomic E-state index is 13.2. The van der Waals surface area contributed by atoms with Gasteiger partial charge in [-0.25, -0.2) is 4.79 Å². The second-order valence-corrected chi connectivity index (χ2v) is 8.66. The van der Waals surface area contributed by atoms with Crippen molar-refractivity contribution in [2.24, 2.45) is 0 Å². The van der Waals surface area contributed by atoms with Crippen LogP contribution in [-0.2, 0) is 19.1 Å². The number of carbonyl (C=O) groups is 3. The summed E-state index contributed by atoms with van der Waals surface area (Å²) >= 11 is 6.04. The third-order valence-corrected chi connectivity index (χ3v) is 6.40. The molecule has 0 saturated carbocycles. The number of benzene rings is 2. The third kappa shape index (κ3) is 5.02. The van der Waals surface area contributed by atoms with Crippen molar-refractivity contribution in [1.82, 2.24) is 9.80 Å². The molecule has 1 amide bonds. The minimum absolute atomic E-state index is 0.0557. The highest BCUT2D eigenvalue weighted by atomic mass is 35.5. The zero-order valence-corrected chi connectivity index (χ0v) is 19.8. The number of hydrogen-bond acceptors (Lipinski definition) is 8. The predicted octanol–water partition coefficient (Wildman–Crippen LogP) is 2.59. The molecule has 2 heterocycles. The largest absolute Gasteiger partial charge is 0.507 e. The van der Waals surface area contributed by atoms with Gasteiger partial charge in [0.15, 0.2) is 0 Å². The number of amides is 1. The van der Waals surface area contributed by atoms with Crippen molar-refractivity contribution in [3.63, 3.8) is 0 Å². The van der Waals surface area contributed by atoms with E-state index in [4.69, 9.17) is 21.1 Å². The van der Waals surface area contributed by atoms with Crippen molar-refractivity contribution in [2.75, 3.05) is 46.5 Å². The monoisotopic (exact) mass is 500 g/mol. The van der Waals surface area contributed by atoms with E-state index in [0.29, 0.717) is 44.0 Å². The van der Waals surface area contributed by atoms with Crippen LogP contribution in [0.5, 0.6) is 5.75 Å². The van der Waals surface area contributed by atoms with Crippen molar-refractivity contribution in [3.8, 4) is 5.75 Å². The van der Waals surface area contributed by atoms with Gasteiger partial charge >= 0.3 is 5.97 Å². The predicted molar refractivity (Wildman–Crippen MR) is 127 cm³/mol. The fraction of sp³-hybridized carbons (Fsp3) is 0.320. The first kappa shape index (κ1) is 24.7. The summed E-state index contributed by atoms with van der Waals surface area (Å²) in [6.45, 7) is 3.33. The van der Waals surface area contributed by atoms with Crippen LogP contribution in [0, 0.1) is 0 Å². The Morgan fingerprint density at radius 2 is 1.80 bits per heavy atom. The molecule has 2 aromatic carbocycles. The third-order valence-electron chi connectivity index (χ3n) is 6.16. The minimum atomic E-state index is -0.930. The highest BCUT2D eigenvalue weighted by Gasteiger charge is 2.46. The molecule has 0 spiro atoms. The molecule has 2 aliphatic heterocycles. The number of ether oxygens (including phenoxy) is 2. The maximum absolute atomic E-state index is 13.2. The molecule has 35 heavy (non-hydrogen) atoms. The van der Waals surface area contributed by atoms with E-state index < -0.39 is 29.5 Å². The van der Waals surface area contributed by atoms with Gasteiger partial charge in [-0.3, -0.25) is 14.5 Å². The van der Waals surface area contributed by atoms with Gasteiger partial charge in [-0.05, 0) is 35.9 Å². The number of phenols is 1. The van der Waals surface area contributed by atoms with E-state index in [1.165, 1.54) is 42.3 Å². The molecule has 184 valence electrons. The minimum Gasteiger partial charge on any atom is -0.507 e. The Kier molecular flexibility index (Phi) is 7.39. The van der Waals surface area contributed by atoms with E-state index in [1.54, 1.807) is 12.1 Å². The van der Waals surface area contributed by atoms with E-state index in [1.807, 2.05) is 0 Å². The number of rotatable bonds is 6. The molecule has 2 saturated heterocycles. The normalized spacial score (nSPS) is 20.3. The molecule has 1 unspecified atom stereocenters. The summed E-state index contributed by atoms with van der Waals surface area (Å²) in [6.07, 6.45) is 0. The molecule has 2 N–H and O–H groups in total. The molecule has 2 fully saturated rings. The van der Waals surface area contributed by atoms with Gasteiger partial charge in [-0.2, -0.15) is 0 Å². The lowest BCUT2D eigenvalue weighted by Crippen LogP contribution is -2.42. The zero-order valence-electron chi connectivity index (χ0n) is 19.1. The number of phenolic OH excluding ortho intramolecular Hbond substituents is 1. The van der Waals surface area contributed by atoms with E-state index in [2.05, 4.69) is 4.90 Å². The second-order valence-electron chi connectivity index (χ2n) is 8.22. The van der Waals surface area contributed by atoms with Crippen LogP contribution in [0.25, 0.3) is 5.76 Å². The van der Waals surface area contributed by atoms with Crippen LogP contribution < -0.4 is 0 Å². The molecule has 10 heteroatoms. The van der Waals surface area contributed by atoms with E-state index in [0.717, 1.165) is 0 Å². The molecule has 9 nitrogen and oxygen atoms in total. The fourth-order valence-corrected chi connectivity index (χ4v) is 4.47. The highest BCUT2D eigenvalue weighted by molar-refractivity contribution is 6.46. The molecular weight excluding hydrogens is 476 g/mol. The Morgan fingerprint density at radius 1 is 1.11 bits per heavy atom. The van der Waals surface area contributed by atoms with E-state index >= 15 is 0 Å². The Balaban J connectivity index is 1.77. The van der Waals surface area contributed by atoms with Crippen LogP contribution in [0.1, 0.15) is 27.5 Å². The van der Waals surface area contributed by atoms with Crippen molar-refractivity contribution >= 4 is 35.0 Å². The summed E-state index contributed by atoms with van der Waals surface area (Å²) in [5, 5.41) is 21.7. The van der Waals surface area contributed by atoms with Gasteiger partial charge in [0.05, 0.1) is 43.1 Å². The van der Waals surface area contributed by atoms with Gasteiger partial charge in [-0.15, -0.1) is 0 Å². The van der Waals surface area contributed by atoms with Crippen molar-refractivity contribution < 1.29 is 34.1 Å². The maximum Gasteiger partial charge on any atom is 0.337 e. The standard InChI is InChI=1S/C25H25ClN2O7/c1-34-25(33)16-4-2-15(3-5-16)21-20(22(30)18-14-17(26)6-7-19(18)29)23(31)24(32)28(21)9-8-27-10-12-35-13-11-27/h2-7,14,21,29-30H,8-13H2,1H3/b22-20+. The van der Waals surface area contributed by atoms with Gasteiger partial charge in [0.1, 0.15) is 11.5 Å². The molecule has 4 rings (SSSR count). The molecule has 2 aromatic rings. The molecule has 2 aliphatic rings. The van der Waals surface area contributed by atoms with Crippen molar-refractivity contribution in [1.29, 1.82) is 0 Å². The van der Waals surface area contributed by atoms with Gasteiger partial charge < -0.3 is 24.6 Å². The molecule has 0 radical (unpaired) electrons. The van der Waals surface area contributed by atoms with Crippen LogP contribution in [-0.4, -0.2) is 84.2 Å². The summed E-state index contributed by atoms with van der Waals surface area (Å²) < 4.78 is 10.1. The van der Waals surface area contributed by atoms with E-state index in [9.17, 15) is 24.6 Å².